The van der Waals surface area contributed by atoms with E-state index in [1.165, 1.54) is 22.8 Å². The van der Waals surface area contributed by atoms with Crippen molar-refractivity contribution in [1.82, 2.24) is 15.6 Å². The highest BCUT2D eigenvalue weighted by Crippen LogP contribution is 2.29. The molecule has 1 aromatic heterocycles. The van der Waals surface area contributed by atoms with Crippen molar-refractivity contribution in [3.63, 3.8) is 0 Å². The maximum Gasteiger partial charge on any atom is 0.414 e. The Bertz CT molecular complexity index is 1200. The van der Waals surface area contributed by atoms with Gasteiger partial charge < -0.3 is 15.4 Å². The molecule has 0 spiro atoms. The van der Waals surface area contributed by atoms with Gasteiger partial charge in [0.15, 0.2) is 0 Å². The van der Waals surface area contributed by atoms with Crippen LogP contribution in [0.4, 0.5) is 14.9 Å². The molecule has 4 rings (SSSR count). The van der Waals surface area contributed by atoms with Crippen LogP contribution < -0.4 is 15.5 Å². The number of amides is 2. The number of hydrogen-bond acceptors (Lipinski definition) is 6. The van der Waals surface area contributed by atoms with Crippen LogP contribution in [0.1, 0.15) is 28.1 Å². The van der Waals surface area contributed by atoms with Crippen molar-refractivity contribution < 1.29 is 18.7 Å². The zero-order valence-corrected chi connectivity index (χ0v) is 20.2. The molecule has 1 fully saturated rings. The monoisotopic (exact) mass is 482 g/mol. The Labute approximate surface area is 202 Å². The van der Waals surface area contributed by atoms with E-state index >= 15 is 0 Å². The van der Waals surface area contributed by atoms with Gasteiger partial charge in [0.2, 0.25) is 5.91 Å². The molecule has 1 aliphatic heterocycles. The molecule has 0 aliphatic carbocycles. The van der Waals surface area contributed by atoms with Crippen molar-refractivity contribution in [1.29, 1.82) is 0 Å². The van der Waals surface area contributed by atoms with Gasteiger partial charge in [0, 0.05) is 30.5 Å². The number of aryl methyl sites for hydroxylation is 2. The molecule has 7 nitrogen and oxygen atoms in total. The third-order valence-electron chi connectivity index (χ3n) is 5.60. The summed E-state index contributed by atoms with van der Waals surface area (Å²) < 4.78 is 20.2. The fourth-order valence-electron chi connectivity index (χ4n) is 3.86. The van der Waals surface area contributed by atoms with Crippen molar-refractivity contribution >= 4 is 29.0 Å². The van der Waals surface area contributed by atoms with Crippen LogP contribution in [0.25, 0.3) is 11.1 Å². The molecule has 0 saturated carbocycles. The van der Waals surface area contributed by atoms with Gasteiger partial charge in [-0.25, -0.2) is 14.2 Å². The Kier molecular flexibility index (Phi) is 7.23. The molecular formula is C25H27FN4O3S. The van der Waals surface area contributed by atoms with E-state index in [1.54, 1.807) is 23.5 Å². The summed E-state index contributed by atoms with van der Waals surface area (Å²) in [6.45, 7) is 7.37. The van der Waals surface area contributed by atoms with Gasteiger partial charge in [0.25, 0.3) is 0 Å². The summed E-state index contributed by atoms with van der Waals surface area (Å²) in [4.78, 5) is 30.3. The number of benzene rings is 2. The quantitative estimate of drug-likeness (QED) is 0.500. The van der Waals surface area contributed by atoms with Crippen LogP contribution in [0.3, 0.4) is 0 Å². The van der Waals surface area contributed by atoms with E-state index in [-0.39, 0.29) is 19.0 Å². The smallest absolute Gasteiger partial charge is 0.414 e. The van der Waals surface area contributed by atoms with Gasteiger partial charge >= 0.3 is 6.09 Å². The zero-order chi connectivity index (χ0) is 24.2. The van der Waals surface area contributed by atoms with Gasteiger partial charge in [-0.15, -0.1) is 11.3 Å². The first-order valence-electron chi connectivity index (χ1n) is 11.0. The minimum atomic E-state index is -0.553. The van der Waals surface area contributed by atoms with E-state index < -0.39 is 18.0 Å². The summed E-state index contributed by atoms with van der Waals surface area (Å²) in [5.41, 5.74) is 3.81. The number of cyclic esters (lactones) is 1. The molecule has 1 saturated heterocycles. The summed E-state index contributed by atoms with van der Waals surface area (Å²) in [7, 11) is 0. The Morgan fingerprint density at radius 1 is 1.21 bits per heavy atom. The minimum Gasteiger partial charge on any atom is -0.442 e. The molecular weight excluding hydrogens is 455 g/mol. The first-order chi connectivity index (χ1) is 16.3. The second-order valence-corrected chi connectivity index (χ2v) is 9.55. The van der Waals surface area contributed by atoms with E-state index in [0.717, 1.165) is 28.4 Å². The van der Waals surface area contributed by atoms with E-state index in [1.807, 2.05) is 38.1 Å². The molecule has 0 unspecified atom stereocenters. The second-order valence-electron chi connectivity index (χ2n) is 8.26. The lowest BCUT2D eigenvalue weighted by atomic mass is 10.0. The number of hydrogen-bond donors (Lipinski definition) is 2. The Balaban J connectivity index is 1.37. The summed E-state index contributed by atoms with van der Waals surface area (Å²) in [6.07, 6.45) is -1.02. The van der Waals surface area contributed by atoms with Crippen LogP contribution in [-0.2, 0) is 22.6 Å². The number of rotatable bonds is 8. The number of carbonyl (C=O) groups excluding carboxylic acids is 2. The number of anilines is 1. The maximum absolute atomic E-state index is 14.9. The lowest BCUT2D eigenvalue weighted by Gasteiger charge is -2.15. The maximum atomic E-state index is 14.9. The molecule has 0 bridgehead atoms. The minimum absolute atomic E-state index is 0.198. The van der Waals surface area contributed by atoms with Crippen LogP contribution in [0.2, 0.25) is 0 Å². The van der Waals surface area contributed by atoms with Crippen LogP contribution in [0.5, 0.6) is 0 Å². The molecule has 2 heterocycles. The molecule has 1 atom stereocenters. The molecule has 2 N–H and O–H groups in total. The van der Waals surface area contributed by atoms with Gasteiger partial charge in [-0.3, -0.25) is 9.69 Å². The molecule has 0 radical (unpaired) electrons. The Morgan fingerprint density at radius 2 is 1.97 bits per heavy atom. The Hall–Kier alpha value is -3.30. The molecule has 34 heavy (non-hydrogen) atoms. The van der Waals surface area contributed by atoms with E-state index in [4.69, 9.17) is 4.74 Å². The van der Waals surface area contributed by atoms with Crippen molar-refractivity contribution in [2.75, 3.05) is 18.0 Å². The first-order valence-corrected chi connectivity index (χ1v) is 11.9. The summed E-state index contributed by atoms with van der Waals surface area (Å²) in [5, 5.41) is 7.12. The summed E-state index contributed by atoms with van der Waals surface area (Å²) in [5.74, 6) is -0.616. The number of nitrogens with zero attached hydrogens (tertiary/aromatic N) is 2. The third kappa shape index (κ3) is 5.60. The largest absolute Gasteiger partial charge is 0.442 e. The predicted molar refractivity (Wildman–Crippen MR) is 130 cm³/mol. The van der Waals surface area contributed by atoms with Crippen molar-refractivity contribution in [2.45, 2.75) is 40.0 Å². The molecule has 2 amide bonds. The van der Waals surface area contributed by atoms with Crippen molar-refractivity contribution in [3.8, 4) is 11.1 Å². The fraction of sp³-hybridized carbons (Fsp3) is 0.320. The molecule has 178 valence electrons. The summed E-state index contributed by atoms with van der Waals surface area (Å²) in [6, 6.07) is 12.5. The van der Waals surface area contributed by atoms with Crippen molar-refractivity contribution in [3.05, 3.63) is 69.4 Å². The van der Waals surface area contributed by atoms with Crippen LogP contribution in [0.15, 0.2) is 42.5 Å². The highest BCUT2D eigenvalue weighted by atomic mass is 32.1. The van der Waals surface area contributed by atoms with Crippen LogP contribution in [0, 0.1) is 19.7 Å². The highest BCUT2D eigenvalue weighted by Gasteiger charge is 2.32. The van der Waals surface area contributed by atoms with E-state index in [9.17, 15) is 14.0 Å². The van der Waals surface area contributed by atoms with Gasteiger partial charge in [-0.05, 0) is 43.2 Å². The van der Waals surface area contributed by atoms with Gasteiger partial charge in [-0.2, -0.15) is 0 Å². The van der Waals surface area contributed by atoms with Gasteiger partial charge in [-0.1, -0.05) is 24.3 Å². The van der Waals surface area contributed by atoms with E-state index in [2.05, 4.69) is 15.6 Å². The highest BCUT2D eigenvalue weighted by molar-refractivity contribution is 7.11. The first kappa shape index (κ1) is 23.8. The van der Waals surface area contributed by atoms with Crippen molar-refractivity contribution in [2.24, 2.45) is 0 Å². The van der Waals surface area contributed by atoms with Gasteiger partial charge in [0.05, 0.1) is 29.5 Å². The summed E-state index contributed by atoms with van der Waals surface area (Å²) >= 11 is 1.70. The normalized spacial score (nSPS) is 15.5. The predicted octanol–water partition coefficient (Wildman–Crippen LogP) is 4.32. The molecule has 3 aromatic rings. The van der Waals surface area contributed by atoms with Crippen LogP contribution in [-0.4, -0.2) is 36.2 Å². The zero-order valence-electron chi connectivity index (χ0n) is 19.4. The lowest BCUT2D eigenvalue weighted by molar-refractivity contribution is -0.119. The molecule has 1 aliphatic rings. The standard InChI is InChI=1S/C25H27FN4O3S/c1-15-24(34-17(3)29-15)13-27-11-18-4-6-19(7-5-18)22-9-8-20(10-23(22)26)30-14-21(33-25(30)32)12-28-16(2)31/h4-10,21,27H,11-14H2,1-3H3,(H,28,31)/t21-/m0/s1. The number of halogens is 1. The number of thiazole rings is 1. The number of ether oxygens (including phenoxy) is 1. The molecule has 9 heteroatoms. The fourth-order valence-corrected chi connectivity index (χ4v) is 4.77. The number of carbonyl (C=O) groups is 2. The third-order valence-corrected chi connectivity index (χ3v) is 6.67. The SMILES string of the molecule is CC(=O)NC[C@H]1CN(c2ccc(-c3ccc(CNCc4sc(C)nc4C)cc3)c(F)c2)C(=O)O1. The average molecular weight is 483 g/mol. The molecule has 2 aromatic carbocycles. The van der Waals surface area contributed by atoms with Crippen LogP contribution >= 0.6 is 11.3 Å². The van der Waals surface area contributed by atoms with Gasteiger partial charge in [0.1, 0.15) is 11.9 Å². The average Bonchev–Trinajstić information content (AvgIpc) is 3.33. The topological polar surface area (TPSA) is 83.6 Å². The Morgan fingerprint density at radius 3 is 2.62 bits per heavy atom. The van der Waals surface area contributed by atoms with E-state index in [0.29, 0.717) is 17.8 Å². The number of aromatic nitrogens is 1. The lowest BCUT2D eigenvalue weighted by Crippen LogP contribution is -2.33. The number of nitrogens with one attached hydrogen (secondary N) is 2. The second kappa shape index (κ2) is 10.3.